The zero-order valence-electron chi connectivity index (χ0n) is 11.5. The van der Waals surface area contributed by atoms with Gasteiger partial charge in [0.05, 0.1) is 0 Å². The lowest BCUT2D eigenvalue weighted by Crippen LogP contribution is -2.07. The third kappa shape index (κ3) is 1.88. The number of ketones is 1. The highest BCUT2D eigenvalue weighted by molar-refractivity contribution is 6.19. The Morgan fingerprint density at radius 2 is 1.95 bits per heavy atom. The van der Waals surface area contributed by atoms with Gasteiger partial charge in [0, 0.05) is 33.9 Å². The van der Waals surface area contributed by atoms with Crippen LogP contribution in [0.2, 0.25) is 0 Å². The van der Waals surface area contributed by atoms with E-state index < -0.39 is 0 Å². The number of fused-ring (bicyclic) bond motifs is 1. The number of hydrogen-bond donors (Lipinski definition) is 2. The molecule has 3 heteroatoms. The molecule has 3 aromatic rings. The van der Waals surface area contributed by atoms with Crippen molar-refractivity contribution in [2.24, 2.45) is 0 Å². The Kier molecular flexibility index (Phi) is 2.83. The predicted molar refractivity (Wildman–Crippen MR) is 82.1 cm³/mol. The fourth-order valence-corrected chi connectivity index (χ4v) is 2.56. The number of carbonyl (C=O) groups excluding carboxylic acids is 1. The van der Waals surface area contributed by atoms with Gasteiger partial charge in [0.15, 0.2) is 5.78 Å². The summed E-state index contributed by atoms with van der Waals surface area (Å²) >= 11 is 0. The van der Waals surface area contributed by atoms with Crippen LogP contribution in [0.25, 0.3) is 10.9 Å². The zero-order valence-corrected chi connectivity index (χ0v) is 11.5. The third-order valence-corrected chi connectivity index (χ3v) is 3.61. The first-order valence-corrected chi connectivity index (χ1v) is 6.55. The molecule has 2 aromatic carbocycles. The molecular formula is C17H16N2O. The fourth-order valence-electron chi connectivity index (χ4n) is 2.56. The highest BCUT2D eigenvalue weighted by Gasteiger charge is 2.18. The molecular weight excluding hydrogens is 248 g/mol. The molecule has 0 atom stereocenters. The summed E-state index contributed by atoms with van der Waals surface area (Å²) in [5.74, 6) is -0.0301. The van der Waals surface area contributed by atoms with Gasteiger partial charge in [0.1, 0.15) is 0 Å². The lowest BCUT2D eigenvalue weighted by Gasteiger charge is -2.07. The molecule has 0 saturated carbocycles. The molecule has 0 unspecified atom stereocenters. The number of nitrogens with one attached hydrogen (secondary N) is 1. The van der Waals surface area contributed by atoms with E-state index in [4.69, 9.17) is 5.73 Å². The van der Waals surface area contributed by atoms with Crippen LogP contribution in [0.15, 0.2) is 42.6 Å². The Labute approximate surface area is 117 Å². The standard InChI is InChI=1S/C17H16N2O/c1-10-6-7-15-12(8-10)13(9-19-15)17(20)16-11(2)4-3-5-14(16)18/h3-9,19H,18H2,1-2H3. The van der Waals surface area contributed by atoms with Crippen molar-refractivity contribution in [3.05, 3.63) is 64.8 Å². The molecule has 0 amide bonds. The van der Waals surface area contributed by atoms with Gasteiger partial charge in [-0.2, -0.15) is 0 Å². The number of rotatable bonds is 2. The zero-order chi connectivity index (χ0) is 14.3. The summed E-state index contributed by atoms with van der Waals surface area (Å²) in [4.78, 5) is 15.9. The number of carbonyl (C=O) groups is 1. The number of hydrogen-bond acceptors (Lipinski definition) is 2. The van der Waals surface area contributed by atoms with Crippen molar-refractivity contribution in [3.8, 4) is 0 Å². The first kappa shape index (κ1) is 12.5. The smallest absolute Gasteiger partial charge is 0.197 e. The minimum atomic E-state index is -0.0301. The molecule has 0 saturated heterocycles. The van der Waals surface area contributed by atoms with Crippen molar-refractivity contribution in [1.82, 2.24) is 4.98 Å². The van der Waals surface area contributed by atoms with Crippen molar-refractivity contribution in [3.63, 3.8) is 0 Å². The Morgan fingerprint density at radius 1 is 1.15 bits per heavy atom. The van der Waals surface area contributed by atoms with Crippen molar-refractivity contribution in [1.29, 1.82) is 0 Å². The van der Waals surface area contributed by atoms with Crippen molar-refractivity contribution in [2.75, 3.05) is 5.73 Å². The maximum absolute atomic E-state index is 12.8. The summed E-state index contributed by atoms with van der Waals surface area (Å²) in [5, 5.41) is 0.942. The molecule has 0 fully saturated rings. The third-order valence-electron chi connectivity index (χ3n) is 3.61. The van der Waals surface area contributed by atoms with Gasteiger partial charge < -0.3 is 10.7 Å². The van der Waals surface area contributed by atoms with Gasteiger partial charge in [0.2, 0.25) is 0 Å². The monoisotopic (exact) mass is 264 g/mol. The van der Waals surface area contributed by atoms with Crippen molar-refractivity contribution in [2.45, 2.75) is 13.8 Å². The number of H-pyrrole nitrogens is 1. The minimum absolute atomic E-state index is 0.0301. The van der Waals surface area contributed by atoms with Crippen molar-refractivity contribution < 1.29 is 4.79 Å². The second-order valence-electron chi connectivity index (χ2n) is 5.12. The molecule has 3 nitrogen and oxygen atoms in total. The number of benzene rings is 2. The number of anilines is 1. The highest BCUT2D eigenvalue weighted by atomic mass is 16.1. The van der Waals surface area contributed by atoms with Gasteiger partial charge in [-0.3, -0.25) is 4.79 Å². The van der Waals surface area contributed by atoms with Gasteiger partial charge in [-0.15, -0.1) is 0 Å². The first-order valence-electron chi connectivity index (χ1n) is 6.55. The topological polar surface area (TPSA) is 58.9 Å². The summed E-state index contributed by atoms with van der Waals surface area (Å²) in [6, 6.07) is 11.6. The van der Waals surface area contributed by atoms with Crippen LogP contribution >= 0.6 is 0 Å². The summed E-state index contributed by atoms with van der Waals surface area (Å²) in [7, 11) is 0. The van der Waals surface area contributed by atoms with Gasteiger partial charge in [0.25, 0.3) is 0 Å². The van der Waals surface area contributed by atoms with Crippen LogP contribution in [0.5, 0.6) is 0 Å². The molecule has 0 spiro atoms. The lowest BCUT2D eigenvalue weighted by atomic mass is 9.97. The van der Waals surface area contributed by atoms with E-state index in [1.165, 1.54) is 0 Å². The highest BCUT2D eigenvalue weighted by Crippen LogP contribution is 2.26. The summed E-state index contributed by atoms with van der Waals surface area (Å²) in [6.45, 7) is 3.92. The molecule has 3 N–H and O–H groups in total. The molecule has 0 radical (unpaired) electrons. The Morgan fingerprint density at radius 3 is 2.70 bits per heavy atom. The lowest BCUT2D eigenvalue weighted by molar-refractivity contribution is 0.104. The predicted octanol–water partition coefficient (Wildman–Crippen LogP) is 3.60. The average molecular weight is 264 g/mol. The molecule has 3 rings (SSSR count). The van der Waals surface area contributed by atoms with E-state index in [1.807, 2.05) is 44.2 Å². The molecule has 0 aliphatic carbocycles. The Hall–Kier alpha value is -2.55. The average Bonchev–Trinajstić information content (AvgIpc) is 2.81. The molecule has 0 aliphatic rings. The second-order valence-corrected chi connectivity index (χ2v) is 5.12. The maximum Gasteiger partial charge on any atom is 0.197 e. The van der Waals surface area contributed by atoms with Crippen LogP contribution in [0.4, 0.5) is 5.69 Å². The van der Waals surface area contributed by atoms with E-state index in [0.29, 0.717) is 16.8 Å². The van der Waals surface area contributed by atoms with Crippen LogP contribution in [0, 0.1) is 13.8 Å². The van der Waals surface area contributed by atoms with Crippen LogP contribution in [-0.4, -0.2) is 10.8 Å². The van der Waals surface area contributed by atoms with Crippen LogP contribution < -0.4 is 5.73 Å². The van der Waals surface area contributed by atoms with Gasteiger partial charge in [-0.25, -0.2) is 0 Å². The van der Waals surface area contributed by atoms with Gasteiger partial charge >= 0.3 is 0 Å². The van der Waals surface area contributed by atoms with E-state index in [-0.39, 0.29) is 5.78 Å². The van der Waals surface area contributed by atoms with Crippen LogP contribution in [0.1, 0.15) is 27.0 Å². The van der Waals surface area contributed by atoms with E-state index in [0.717, 1.165) is 22.0 Å². The van der Waals surface area contributed by atoms with Gasteiger partial charge in [-0.1, -0.05) is 23.8 Å². The number of aromatic nitrogens is 1. The van der Waals surface area contributed by atoms with E-state index in [9.17, 15) is 4.79 Å². The number of aromatic amines is 1. The Balaban J connectivity index is 2.21. The fraction of sp³-hybridized carbons (Fsp3) is 0.118. The molecule has 1 aromatic heterocycles. The summed E-state index contributed by atoms with van der Waals surface area (Å²) < 4.78 is 0. The quantitative estimate of drug-likeness (QED) is 0.549. The second kappa shape index (κ2) is 4.53. The minimum Gasteiger partial charge on any atom is -0.398 e. The Bertz CT molecular complexity index is 795. The van der Waals surface area contributed by atoms with E-state index in [2.05, 4.69) is 4.98 Å². The van der Waals surface area contributed by atoms with Gasteiger partial charge in [-0.05, 0) is 37.6 Å². The van der Waals surface area contributed by atoms with Crippen LogP contribution in [-0.2, 0) is 0 Å². The van der Waals surface area contributed by atoms with Crippen LogP contribution in [0.3, 0.4) is 0 Å². The SMILES string of the molecule is Cc1ccc2[nH]cc(C(=O)c3c(C)cccc3N)c2c1. The largest absolute Gasteiger partial charge is 0.398 e. The summed E-state index contributed by atoms with van der Waals surface area (Å²) in [5.41, 5.74) is 10.8. The maximum atomic E-state index is 12.8. The van der Waals surface area contributed by atoms with E-state index in [1.54, 1.807) is 12.3 Å². The molecule has 100 valence electrons. The number of nitrogen functional groups attached to an aromatic ring is 1. The molecule has 20 heavy (non-hydrogen) atoms. The molecule has 1 heterocycles. The summed E-state index contributed by atoms with van der Waals surface area (Å²) in [6.07, 6.45) is 1.76. The number of aryl methyl sites for hydroxylation is 2. The van der Waals surface area contributed by atoms with Crippen molar-refractivity contribution >= 4 is 22.4 Å². The molecule has 0 bridgehead atoms. The number of nitrogens with two attached hydrogens (primary N) is 1. The van der Waals surface area contributed by atoms with E-state index >= 15 is 0 Å². The normalized spacial score (nSPS) is 10.9. The first-order chi connectivity index (χ1) is 9.58. The molecule has 0 aliphatic heterocycles.